The molecule has 0 fully saturated rings. The Labute approximate surface area is 76.4 Å². The molecule has 0 rings (SSSR count). The van der Waals surface area contributed by atoms with Crippen molar-refractivity contribution in [2.24, 2.45) is 5.73 Å². The molecule has 0 aromatic carbocycles. The average Bonchev–Trinajstić information content (AvgIpc) is 2.09. The lowest BCUT2D eigenvalue weighted by atomic mass is 10.3. The number of rotatable bonds is 7. The van der Waals surface area contributed by atoms with Crippen LogP contribution in [0.25, 0.3) is 0 Å². The van der Waals surface area contributed by atoms with Crippen LogP contribution in [-0.4, -0.2) is 22.3 Å². The summed E-state index contributed by atoms with van der Waals surface area (Å²) >= 11 is 0. The van der Waals surface area contributed by atoms with Crippen molar-refractivity contribution in [3.05, 3.63) is 0 Å². The molecule has 0 saturated heterocycles. The molecule has 0 spiro atoms. The van der Waals surface area contributed by atoms with E-state index in [4.69, 9.17) is 11.0 Å². The quantitative estimate of drug-likeness (QED) is 0.600. The summed E-state index contributed by atoms with van der Waals surface area (Å²) in [4.78, 5) is 0. The van der Waals surface area contributed by atoms with Crippen molar-refractivity contribution in [3.63, 3.8) is 0 Å². The molecule has 0 saturated carbocycles. The molecular weight excluding hydrogens is 172 g/mol. The van der Waals surface area contributed by atoms with Crippen LogP contribution < -0.4 is 5.73 Å². The molecule has 0 aliphatic carbocycles. The molecule has 70 valence electrons. The van der Waals surface area contributed by atoms with Crippen molar-refractivity contribution in [2.75, 3.05) is 18.1 Å². The molecule has 1 unspecified atom stereocenters. The predicted octanol–water partition coefficient (Wildman–Crippen LogP) is 0.778. The Morgan fingerprint density at radius 3 is 2.50 bits per heavy atom. The Balaban J connectivity index is 3.15. The summed E-state index contributed by atoms with van der Waals surface area (Å²) in [6, 6.07) is 2.07. The van der Waals surface area contributed by atoms with Crippen molar-refractivity contribution >= 4 is 10.8 Å². The summed E-state index contributed by atoms with van der Waals surface area (Å²) in [5.41, 5.74) is 5.28. The minimum absolute atomic E-state index is 0.577. The van der Waals surface area contributed by atoms with Gasteiger partial charge in [-0.1, -0.05) is 0 Å². The maximum atomic E-state index is 11.1. The van der Waals surface area contributed by atoms with Gasteiger partial charge >= 0.3 is 0 Å². The zero-order valence-electron chi connectivity index (χ0n) is 7.29. The second-order valence-corrected chi connectivity index (χ2v) is 4.30. The van der Waals surface area contributed by atoms with E-state index >= 15 is 0 Å². The van der Waals surface area contributed by atoms with E-state index in [2.05, 4.69) is 6.07 Å². The maximum absolute atomic E-state index is 11.1. The highest BCUT2D eigenvalue weighted by atomic mass is 32.2. The first-order valence-electron chi connectivity index (χ1n) is 4.23. The van der Waals surface area contributed by atoms with Crippen LogP contribution in [0.3, 0.4) is 0 Å². The molecule has 12 heavy (non-hydrogen) atoms. The summed E-state index contributed by atoms with van der Waals surface area (Å²) in [5, 5.41) is 8.23. The molecule has 4 heteroatoms. The molecule has 3 nitrogen and oxygen atoms in total. The molecule has 2 N–H and O–H groups in total. The van der Waals surface area contributed by atoms with E-state index < -0.39 is 10.8 Å². The van der Waals surface area contributed by atoms with Gasteiger partial charge in [0.05, 0.1) is 6.07 Å². The minimum atomic E-state index is -0.713. The zero-order valence-corrected chi connectivity index (χ0v) is 8.11. The highest BCUT2D eigenvalue weighted by Gasteiger charge is 1.97. The van der Waals surface area contributed by atoms with Gasteiger partial charge in [-0.05, 0) is 25.8 Å². The predicted molar refractivity (Wildman–Crippen MR) is 51.0 cm³/mol. The molecule has 0 aromatic heterocycles. The first kappa shape index (κ1) is 11.6. The fraction of sp³-hybridized carbons (Fsp3) is 0.875. The van der Waals surface area contributed by atoms with Crippen LogP contribution in [0.4, 0.5) is 0 Å². The third kappa shape index (κ3) is 7.70. The number of unbranched alkanes of at least 4 members (excludes halogenated alkanes) is 2. The zero-order chi connectivity index (χ0) is 9.23. The van der Waals surface area contributed by atoms with Crippen LogP contribution in [-0.2, 0) is 10.8 Å². The summed E-state index contributed by atoms with van der Waals surface area (Å²) in [6.07, 6.45) is 3.18. The first-order chi connectivity index (χ1) is 5.81. The van der Waals surface area contributed by atoms with Crippen molar-refractivity contribution in [3.8, 4) is 6.07 Å². The van der Waals surface area contributed by atoms with Gasteiger partial charge in [0.25, 0.3) is 0 Å². The molecule has 0 aliphatic heterocycles. The third-order valence-corrected chi connectivity index (χ3v) is 2.97. The van der Waals surface area contributed by atoms with Gasteiger partial charge in [-0.15, -0.1) is 0 Å². The lowest BCUT2D eigenvalue weighted by Gasteiger charge is -1.98. The van der Waals surface area contributed by atoms with Crippen LogP contribution in [0.15, 0.2) is 0 Å². The fourth-order valence-electron chi connectivity index (χ4n) is 0.813. The van der Waals surface area contributed by atoms with Crippen molar-refractivity contribution in [1.82, 2.24) is 0 Å². The fourth-order valence-corrected chi connectivity index (χ4v) is 2.03. The lowest BCUT2D eigenvalue weighted by Crippen LogP contribution is -2.08. The van der Waals surface area contributed by atoms with E-state index in [0.717, 1.165) is 25.0 Å². The smallest absolute Gasteiger partial charge is 0.0621 e. The molecular formula is C8H16N2OS. The molecule has 0 aliphatic rings. The van der Waals surface area contributed by atoms with Gasteiger partial charge in [0, 0.05) is 28.7 Å². The molecule has 0 radical (unpaired) electrons. The van der Waals surface area contributed by atoms with Crippen molar-refractivity contribution in [1.29, 1.82) is 5.26 Å². The van der Waals surface area contributed by atoms with Crippen molar-refractivity contribution in [2.45, 2.75) is 25.7 Å². The summed E-state index contributed by atoms with van der Waals surface area (Å²) in [6.45, 7) is 0.615. The topological polar surface area (TPSA) is 66.9 Å². The van der Waals surface area contributed by atoms with Gasteiger partial charge < -0.3 is 5.73 Å². The maximum Gasteiger partial charge on any atom is 0.0621 e. The van der Waals surface area contributed by atoms with E-state index in [1.807, 2.05) is 0 Å². The Bertz CT molecular complexity index is 165. The van der Waals surface area contributed by atoms with E-state index in [1.165, 1.54) is 0 Å². The highest BCUT2D eigenvalue weighted by Crippen LogP contribution is 1.97. The van der Waals surface area contributed by atoms with Gasteiger partial charge in [0.15, 0.2) is 0 Å². The van der Waals surface area contributed by atoms with Gasteiger partial charge in [-0.3, -0.25) is 4.21 Å². The second-order valence-electron chi connectivity index (χ2n) is 2.61. The Kier molecular flexibility index (Phi) is 8.40. The Morgan fingerprint density at radius 2 is 1.92 bits per heavy atom. The monoisotopic (exact) mass is 188 g/mol. The van der Waals surface area contributed by atoms with Gasteiger partial charge in [0.1, 0.15) is 0 Å². The summed E-state index contributed by atoms with van der Waals surface area (Å²) in [5.74, 6) is 1.44. The van der Waals surface area contributed by atoms with Gasteiger partial charge in [0.2, 0.25) is 0 Å². The van der Waals surface area contributed by atoms with Crippen molar-refractivity contribution < 1.29 is 4.21 Å². The third-order valence-electron chi connectivity index (χ3n) is 1.49. The van der Waals surface area contributed by atoms with E-state index in [9.17, 15) is 4.21 Å². The number of nitriles is 1. The number of nitrogens with zero attached hydrogens (tertiary/aromatic N) is 1. The number of hydrogen-bond acceptors (Lipinski definition) is 3. The van der Waals surface area contributed by atoms with Crippen LogP contribution in [0.1, 0.15) is 25.7 Å². The van der Waals surface area contributed by atoms with Crippen LogP contribution in [0.2, 0.25) is 0 Å². The minimum Gasteiger partial charge on any atom is -0.330 e. The molecule has 0 aromatic rings. The highest BCUT2D eigenvalue weighted by molar-refractivity contribution is 7.84. The molecule has 1 atom stereocenters. The Morgan fingerprint density at radius 1 is 1.25 bits per heavy atom. The van der Waals surface area contributed by atoms with E-state index in [1.54, 1.807) is 0 Å². The summed E-state index contributed by atoms with van der Waals surface area (Å²) in [7, 11) is -0.713. The van der Waals surface area contributed by atoms with Crippen LogP contribution in [0.5, 0.6) is 0 Å². The molecule has 0 heterocycles. The summed E-state index contributed by atoms with van der Waals surface area (Å²) < 4.78 is 11.1. The normalized spacial score (nSPS) is 12.3. The van der Waals surface area contributed by atoms with Crippen LogP contribution >= 0.6 is 0 Å². The van der Waals surface area contributed by atoms with Gasteiger partial charge in [-0.25, -0.2) is 0 Å². The van der Waals surface area contributed by atoms with Crippen LogP contribution in [0, 0.1) is 11.3 Å². The van der Waals surface area contributed by atoms with Gasteiger partial charge in [-0.2, -0.15) is 5.26 Å². The SMILES string of the molecule is N#CCCCCS(=O)CCCN. The first-order valence-corrected chi connectivity index (χ1v) is 5.72. The Hall–Kier alpha value is -0.400. The second kappa shape index (κ2) is 8.69. The van der Waals surface area contributed by atoms with E-state index in [0.29, 0.717) is 18.7 Å². The number of nitrogens with two attached hydrogens (primary N) is 1. The number of hydrogen-bond donors (Lipinski definition) is 1. The molecule has 0 amide bonds. The standard InChI is InChI=1S/C8H16N2OS/c9-5-2-1-3-7-12(11)8-4-6-10/h1-4,6-8,10H2. The lowest BCUT2D eigenvalue weighted by molar-refractivity contribution is 0.675. The largest absolute Gasteiger partial charge is 0.330 e. The van der Waals surface area contributed by atoms with E-state index in [-0.39, 0.29) is 0 Å². The molecule has 0 bridgehead atoms. The average molecular weight is 188 g/mol.